The van der Waals surface area contributed by atoms with E-state index < -0.39 is 24.5 Å². The number of nitrogens with zero attached hydrogens (tertiary/aromatic N) is 7. The van der Waals surface area contributed by atoms with Crippen LogP contribution in [0.25, 0.3) is 28.1 Å². The number of benzene rings is 3. The van der Waals surface area contributed by atoms with Crippen LogP contribution in [0.4, 0.5) is 10.1 Å². The second-order valence-corrected chi connectivity index (χ2v) is 22.5. The fraction of sp³-hybridized carbons (Fsp3) is 0.420. The maximum absolute atomic E-state index is 15.8. The van der Waals surface area contributed by atoms with Crippen LogP contribution in [0.5, 0.6) is 0 Å². The minimum atomic E-state index is -2.65. The van der Waals surface area contributed by atoms with E-state index >= 15 is 9.18 Å². The van der Waals surface area contributed by atoms with E-state index in [1.54, 1.807) is 59.2 Å². The minimum absolute atomic E-state index is 0.0295. The highest BCUT2D eigenvalue weighted by Gasteiger charge is 2.59. The molecule has 348 valence electrons. The van der Waals surface area contributed by atoms with E-state index in [2.05, 4.69) is 45.1 Å². The molecule has 3 aromatic carbocycles. The molecule has 2 saturated heterocycles. The van der Waals surface area contributed by atoms with Crippen molar-refractivity contribution in [3.05, 3.63) is 133 Å². The summed E-state index contributed by atoms with van der Waals surface area (Å²) < 4.78 is 46.8. The average molecular weight is 928 g/mol. The molecule has 3 fully saturated rings. The van der Waals surface area contributed by atoms with Crippen molar-refractivity contribution in [2.45, 2.75) is 96.7 Å². The number of carbonyl (C=O) groups is 1. The van der Waals surface area contributed by atoms with E-state index in [9.17, 15) is 14.2 Å². The van der Waals surface area contributed by atoms with Crippen molar-refractivity contribution >= 4 is 34.9 Å². The van der Waals surface area contributed by atoms with Gasteiger partial charge < -0.3 is 24.1 Å². The summed E-state index contributed by atoms with van der Waals surface area (Å²) in [4.78, 5) is 48.0. The molecule has 4 aromatic heterocycles. The lowest BCUT2D eigenvalue weighted by Crippen LogP contribution is -2.43. The van der Waals surface area contributed by atoms with Gasteiger partial charge in [0.25, 0.3) is 5.91 Å². The molecule has 4 aliphatic rings. The summed E-state index contributed by atoms with van der Waals surface area (Å²) in [5.41, 5.74) is 5.66. The number of hydrogen-bond donors (Lipinski definition) is 2. The standard InChI is InChI=1S/C50H55FN9O6P/c1-7-67(64,8-2)42-14-11-34(25-37(42)52-6)56-17-18-57(49(56)63)45-43-38(54-60(45)36-21-28(3)44(51)29(4)22-36)26-35-10-13-40(43)58(35)46(61)41-24-33-23-32(31-15-19-65-20-16-31)9-12-39(33)59(41)50(27-30(50)5)47-53-48(62)66-55-47/h9,11-12,14,17-18,21-25,30-31,35,40,52H,7-8,10,13,15-16,19-20,26-27H2,1-6H3,(H,53,55,62)/t30-,35+,40-,50-/m0/s1. The molecule has 17 heteroatoms. The third-order valence-electron chi connectivity index (χ3n) is 15.4. The number of H-pyrrole nitrogens is 1. The maximum atomic E-state index is 15.8. The van der Waals surface area contributed by atoms with Crippen LogP contribution in [-0.4, -0.2) is 83.1 Å². The molecule has 0 unspecified atom stereocenters. The Morgan fingerprint density at radius 1 is 0.955 bits per heavy atom. The first-order valence-corrected chi connectivity index (χ1v) is 25.6. The van der Waals surface area contributed by atoms with Crippen molar-refractivity contribution in [2.24, 2.45) is 5.92 Å². The monoisotopic (exact) mass is 927 g/mol. The van der Waals surface area contributed by atoms with Gasteiger partial charge in [-0.1, -0.05) is 32.0 Å². The highest BCUT2D eigenvalue weighted by Crippen LogP contribution is 2.57. The average Bonchev–Trinajstić information content (AvgIpc) is 3.94. The van der Waals surface area contributed by atoms with Gasteiger partial charge in [0, 0.05) is 84.9 Å². The number of nitrogens with one attached hydrogen (secondary N) is 2. The zero-order valence-corrected chi connectivity index (χ0v) is 39.5. The molecule has 3 aliphatic heterocycles. The number of amides is 1. The Labute approximate surface area is 386 Å². The molecule has 7 heterocycles. The van der Waals surface area contributed by atoms with Gasteiger partial charge in [0.15, 0.2) is 5.82 Å². The highest BCUT2D eigenvalue weighted by atomic mass is 31.2. The maximum Gasteiger partial charge on any atom is 0.438 e. The number of aromatic amines is 1. The van der Waals surface area contributed by atoms with Crippen LogP contribution in [-0.2, 0) is 21.3 Å². The predicted molar refractivity (Wildman–Crippen MR) is 254 cm³/mol. The Morgan fingerprint density at radius 3 is 2.36 bits per heavy atom. The normalized spacial score (nSPS) is 21.6. The van der Waals surface area contributed by atoms with Gasteiger partial charge in [-0.15, -0.1) is 0 Å². The summed E-state index contributed by atoms with van der Waals surface area (Å²) in [7, 11) is -0.864. The summed E-state index contributed by atoms with van der Waals surface area (Å²) in [5.74, 6) is 0.0977. The number of rotatable bonds is 11. The van der Waals surface area contributed by atoms with Crippen LogP contribution in [0.1, 0.15) is 109 Å². The SMILES string of the molecule is CCP(=O)(CC)c1ccc(-n2ccn(-c3c4c(nn3-c3cc(C)c(F)c(C)c3)C[C@H]3CC[C@@H]4N3C(=O)c3cc4cc(C5CCOCC5)ccc4n3[C@@]3(c4noc(=O)[nH]4)C[C@@H]3C)c2=O)cc1NC. The molecule has 4 atom stereocenters. The van der Waals surface area contributed by atoms with Gasteiger partial charge in [-0.05, 0) is 123 Å². The van der Waals surface area contributed by atoms with Gasteiger partial charge in [0.2, 0.25) is 0 Å². The number of anilines is 1. The van der Waals surface area contributed by atoms with Crippen molar-refractivity contribution in [1.82, 2.24) is 38.5 Å². The van der Waals surface area contributed by atoms with Gasteiger partial charge in [-0.3, -0.25) is 23.4 Å². The summed E-state index contributed by atoms with van der Waals surface area (Å²) in [6, 6.07) is 16.8. The highest BCUT2D eigenvalue weighted by molar-refractivity contribution is 7.71. The van der Waals surface area contributed by atoms with Crippen LogP contribution in [0.15, 0.2) is 81.1 Å². The van der Waals surface area contributed by atoms with Gasteiger partial charge in [-0.25, -0.2) is 18.7 Å². The Bertz CT molecular complexity index is 3280. The lowest BCUT2D eigenvalue weighted by atomic mass is 9.91. The number of aromatic nitrogens is 7. The minimum Gasteiger partial charge on any atom is -0.387 e. The molecule has 2 bridgehead atoms. The van der Waals surface area contributed by atoms with Crippen molar-refractivity contribution in [1.29, 1.82) is 0 Å². The smallest absolute Gasteiger partial charge is 0.387 e. The van der Waals surface area contributed by atoms with Crippen molar-refractivity contribution in [2.75, 3.05) is 37.9 Å². The summed E-state index contributed by atoms with van der Waals surface area (Å²) in [6.07, 6.45) is 8.75. The number of ether oxygens (including phenoxy) is 1. The largest absolute Gasteiger partial charge is 0.438 e. The lowest BCUT2D eigenvalue weighted by Gasteiger charge is -2.35. The second kappa shape index (κ2) is 15.9. The topological polar surface area (TPSA) is 167 Å². The Hall–Kier alpha value is -6.25. The molecule has 0 spiro atoms. The zero-order chi connectivity index (χ0) is 46.7. The van der Waals surface area contributed by atoms with E-state index in [0.717, 1.165) is 46.7 Å². The molecule has 1 amide bonds. The first-order valence-electron chi connectivity index (χ1n) is 23.5. The molecule has 1 aliphatic carbocycles. The molecule has 11 rings (SSSR count). The van der Waals surface area contributed by atoms with Crippen molar-refractivity contribution in [3.63, 3.8) is 0 Å². The first kappa shape index (κ1) is 43.3. The molecular formula is C50H55FN9O6P. The fourth-order valence-electron chi connectivity index (χ4n) is 11.7. The van der Waals surface area contributed by atoms with E-state index in [1.807, 2.05) is 43.0 Å². The van der Waals surface area contributed by atoms with E-state index in [4.69, 9.17) is 14.4 Å². The molecular weight excluding hydrogens is 873 g/mol. The van der Waals surface area contributed by atoms with Crippen LogP contribution < -0.4 is 22.1 Å². The summed E-state index contributed by atoms with van der Waals surface area (Å²) in [5, 5.41) is 14.3. The second-order valence-electron chi connectivity index (χ2n) is 19.0. The Morgan fingerprint density at radius 2 is 1.69 bits per heavy atom. The van der Waals surface area contributed by atoms with E-state index in [1.165, 1.54) is 5.56 Å². The summed E-state index contributed by atoms with van der Waals surface area (Å²) in [6.45, 7) is 10.8. The first-order chi connectivity index (χ1) is 32.3. The quantitative estimate of drug-likeness (QED) is 0.123. The fourth-order valence-corrected chi connectivity index (χ4v) is 13.7. The predicted octanol–water partition coefficient (Wildman–Crippen LogP) is 7.85. The zero-order valence-electron chi connectivity index (χ0n) is 38.6. The molecule has 7 aromatic rings. The van der Waals surface area contributed by atoms with Crippen molar-refractivity contribution < 1.29 is 23.0 Å². The third kappa shape index (κ3) is 6.60. The van der Waals surface area contributed by atoms with E-state index in [0.29, 0.717) is 96.2 Å². The number of halogens is 1. The van der Waals surface area contributed by atoms with Gasteiger partial charge in [0.1, 0.15) is 30.0 Å². The van der Waals surface area contributed by atoms with Gasteiger partial charge in [-0.2, -0.15) is 5.10 Å². The number of imidazole rings is 1. The number of hydrogen-bond acceptors (Lipinski definition) is 9. The van der Waals surface area contributed by atoms with Crippen LogP contribution in [0.3, 0.4) is 0 Å². The number of carbonyl (C=O) groups excluding carboxylic acids is 1. The van der Waals surface area contributed by atoms with Crippen molar-refractivity contribution in [3.8, 4) is 17.2 Å². The molecule has 15 nitrogen and oxygen atoms in total. The summed E-state index contributed by atoms with van der Waals surface area (Å²) >= 11 is 0. The number of aryl methyl sites for hydroxylation is 2. The van der Waals surface area contributed by atoms with Crippen LogP contribution in [0.2, 0.25) is 0 Å². The lowest BCUT2D eigenvalue weighted by molar-refractivity contribution is 0.0632. The third-order valence-corrected chi connectivity index (χ3v) is 18.7. The Kier molecular flexibility index (Phi) is 10.3. The molecule has 1 saturated carbocycles. The molecule has 0 radical (unpaired) electrons. The van der Waals surface area contributed by atoms with Crippen LogP contribution >= 0.6 is 7.14 Å². The van der Waals surface area contributed by atoms with Gasteiger partial charge in [0.05, 0.1) is 23.1 Å². The molecule has 67 heavy (non-hydrogen) atoms. The van der Waals surface area contributed by atoms with Gasteiger partial charge >= 0.3 is 11.4 Å². The Balaban J connectivity index is 1.06. The van der Waals surface area contributed by atoms with E-state index in [-0.39, 0.29) is 29.4 Å². The molecule has 2 N–H and O–H groups in total. The number of fused-ring (bicyclic) bond motifs is 5. The van der Waals surface area contributed by atoms with Crippen LogP contribution in [0, 0.1) is 25.6 Å².